The van der Waals surface area contributed by atoms with Gasteiger partial charge >= 0.3 is 0 Å². The Morgan fingerprint density at radius 1 is 1.08 bits per heavy atom. The van der Waals surface area contributed by atoms with Crippen LogP contribution in [0.2, 0.25) is 0 Å². The fourth-order valence-electron chi connectivity index (χ4n) is 2.65. The smallest absolute Gasteiger partial charge is 0.269 e. The van der Waals surface area contributed by atoms with Crippen molar-refractivity contribution in [1.82, 2.24) is 14.5 Å². The SMILES string of the molecule is O=C(Cn1c(=O)cnc2ccccc21)Nc1nc(-c2ccccc2)cs1. The van der Waals surface area contributed by atoms with E-state index >= 15 is 0 Å². The molecule has 2 aromatic carbocycles. The maximum absolute atomic E-state index is 12.4. The van der Waals surface area contributed by atoms with Gasteiger partial charge in [0.25, 0.3) is 5.56 Å². The standard InChI is InChI=1S/C19H14N4O2S/c24-17(11-23-16-9-5-4-8-14(16)20-10-18(23)25)22-19-21-15(12-26-19)13-6-2-1-3-7-13/h1-10,12H,11H2,(H,21,22,24). The summed E-state index contributed by atoms with van der Waals surface area (Å²) in [7, 11) is 0. The van der Waals surface area contributed by atoms with Gasteiger partial charge in [0.1, 0.15) is 6.54 Å². The zero-order valence-electron chi connectivity index (χ0n) is 13.6. The number of amides is 1. The topological polar surface area (TPSA) is 76.9 Å². The van der Waals surface area contributed by atoms with E-state index in [1.54, 1.807) is 12.1 Å². The molecule has 0 saturated heterocycles. The second-order valence-electron chi connectivity index (χ2n) is 5.62. The first-order chi connectivity index (χ1) is 12.7. The first-order valence-corrected chi connectivity index (χ1v) is 8.84. The molecular formula is C19H14N4O2S. The zero-order valence-corrected chi connectivity index (χ0v) is 14.4. The minimum atomic E-state index is -0.317. The normalized spacial score (nSPS) is 10.8. The average Bonchev–Trinajstić information content (AvgIpc) is 3.13. The van der Waals surface area contributed by atoms with Gasteiger partial charge in [-0.1, -0.05) is 42.5 Å². The quantitative estimate of drug-likeness (QED) is 0.605. The Morgan fingerprint density at radius 3 is 2.69 bits per heavy atom. The molecular weight excluding hydrogens is 348 g/mol. The molecule has 2 heterocycles. The molecule has 7 heteroatoms. The van der Waals surface area contributed by atoms with Crippen LogP contribution in [-0.4, -0.2) is 20.4 Å². The van der Waals surface area contributed by atoms with E-state index in [2.05, 4.69) is 15.3 Å². The van der Waals surface area contributed by atoms with E-state index in [9.17, 15) is 9.59 Å². The van der Waals surface area contributed by atoms with Crippen LogP contribution in [0.4, 0.5) is 5.13 Å². The first kappa shape index (κ1) is 16.2. The summed E-state index contributed by atoms with van der Waals surface area (Å²) in [5.41, 5.74) is 2.76. The third-order valence-corrected chi connectivity index (χ3v) is 4.63. The van der Waals surface area contributed by atoms with E-state index in [-0.39, 0.29) is 18.0 Å². The molecule has 4 aromatic rings. The van der Waals surface area contributed by atoms with E-state index in [4.69, 9.17) is 0 Å². The first-order valence-electron chi connectivity index (χ1n) is 7.96. The summed E-state index contributed by atoms with van der Waals surface area (Å²) < 4.78 is 1.41. The number of nitrogens with one attached hydrogen (secondary N) is 1. The van der Waals surface area contributed by atoms with Crippen molar-refractivity contribution in [1.29, 1.82) is 0 Å². The second kappa shape index (κ2) is 6.89. The van der Waals surface area contributed by atoms with E-state index in [0.29, 0.717) is 16.2 Å². The molecule has 26 heavy (non-hydrogen) atoms. The minimum absolute atomic E-state index is 0.0951. The molecule has 0 aliphatic heterocycles. The number of anilines is 1. The highest BCUT2D eigenvalue weighted by Gasteiger charge is 2.11. The Bertz CT molecular complexity index is 1130. The van der Waals surface area contributed by atoms with E-state index in [0.717, 1.165) is 11.3 Å². The highest BCUT2D eigenvalue weighted by Crippen LogP contribution is 2.24. The maximum atomic E-state index is 12.4. The number of carbonyl (C=O) groups is 1. The molecule has 4 rings (SSSR count). The van der Waals surface area contributed by atoms with Gasteiger partial charge < -0.3 is 5.32 Å². The van der Waals surface area contributed by atoms with Crippen molar-refractivity contribution >= 4 is 33.4 Å². The van der Waals surface area contributed by atoms with Crippen LogP contribution in [0.25, 0.3) is 22.3 Å². The van der Waals surface area contributed by atoms with Crippen molar-refractivity contribution in [2.24, 2.45) is 0 Å². The highest BCUT2D eigenvalue weighted by atomic mass is 32.1. The molecule has 0 radical (unpaired) electrons. The fraction of sp³-hybridized carbons (Fsp3) is 0.0526. The van der Waals surface area contributed by atoms with Crippen molar-refractivity contribution in [2.45, 2.75) is 6.54 Å². The van der Waals surface area contributed by atoms with E-state index < -0.39 is 0 Å². The lowest BCUT2D eigenvalue weighted by molar-refractivity contribution is -0.116. The molecule has 1 N–H and O–H groups in total. The number of hydrogen-bond acceptors (Lipinski definition) is 5. The molecule has 0 fully saturated rings. The fourth-order valence-corrected chi connectivity index (χ4v) is 3.39. The number of carbonyl (C=O) groups excluding carboxylic acids is 1. The molecule has 2 aromatic heterocycles. The maximum Gasteiger partial charge on any atom is 0.269 e. The van der Waals surface area contributed by atoms with Gasteiger partial charge in [0, 0.05) is 10.9 Å². The minimum Gasteiger partial charge on any atom is -0.300 e. The van der Waals surface area contributed by atoms with Crippen LogP contribution in [0.1, 0.15) is 0 Å². The molecule has 0 aliphatic carbocycles. The van der Waals surface area contributed by atoms with Crippen molar-refractivity contribution < 1.29 is 4.79 Å². The molecule has 128 valence electrons. The Balaban J connectivity index is 1.55. The molecule has 0 saturated carbocycles. The summed E-state index contributed by atoms with van der Waals surface area (Å²) in [6.45, 7) is -0.0951. The average molecular weight is 362 g/mol. The summed E-state index contributed by atoms with van der Waals surface area (Å²) in [6, 6.07) is 17.0. The van der Waals surface area contributed by atoms with Gasteiger partial charge in [0.05, 0.1) is 22.9 Å². The Morgan fingerprint density at radius 2 is 1.85 bits per heavy atom. The van der Waals surface area contributed by atoms with Gasteiger partial charge in [-0.15, -0.1) is 11.3 Å². The predicted molar refractivity (Wildman–Crippen MR) is 102 cm³/mol. The summed E-state index contributed by atoms with van der Waals surface area (Å²) in [5, 5.41) is 5.15. The van der Waals surface area contributed by atoms with Crippen LogP contribution in [0.5, 0.6) is 0 Å². The van der Waals surface area contributed by atoms with E-state index in [1.165, 1.54) is 22.1 Å². The van der Waals surface area contributed by atoms with Crippen LogP contribution in [0, 0.1) is 0 Å². The number of fused-ring (bicyclic) bond motifs is 1. The van der Waals surface area contributed by atoms with Crippen molar-refractivity contribution in [3.63, 3.8) is 0 Å². The second-order valence-corrected chi connectivity index (χ2v) is 6.48. The predicted octanol–water partition coefficient (Wildman–Crippen LogP) is 3.16. The van der Waals surface area contributed by atoms with Crippen LogP contribution in [0.3, 0.4) is 0 Å². The molecule has 0 spiro atoms. The lowest BCUT2D eigenvalue weighted by atomic mass is 10.2. The molecule has 0 atom stereocenters. The summed E-state index contributed by atoms with van der Waals surface area (Å²) in [4.78, 5) is 33.0. The van der Waals surface area contributed by atoms with Gasteiger partial charge in [-0.2, -0.15) is 0 Å². The molecule has 6 nitrogen and oxygen atoms in total. The molecule has 0 bridgehead atoms. The molecule has 1 amide bonds. The summed E-state index contributed by atoms with van der Waals surface area (Å²) >= 11 is 1.35. The number of rotatable bonds is 4. The number of hydrogen-bond donors (Lipinski definition) is 1. The van der Waals surface area contributed by atoms with Crippen molar-refractivity contribution in [3.8, 4) is 11.3 Å². The van der Waals surface area contributed by atoms with Crippen LogP contribution in [0.15, 0.2) is 71.0 Å². The Hall–Kier alpha value is -3.32. The van der Waals surface area contributed by atoms with Gasteiger partial charge in [-0.05, 0) is 12.1 Å². The molecule has 0 unspecified atom stereocenters. The lowest BCUT2D eigenvalue weighted by Gasteiger charge is -2.08. The summed E-state index contributed by atoms with van der Waals surface area (Å²) in [6.07, 6.45) is 1.23. The number of aromatic nitrogens is 3. The highest BCUT2D eigenvalue weighted by molar-refractivity contribution is 7.14. The van der Waals surface area contributed by atoms with Crippen LogP contribution < -0.4 is 10.9 Å². The zero-order chi connectivity index (χ0) is 17.9. The van der Waals surface area contributed by atoms with Crippen molar-refractivity contribution in [2.75, 3.05) is 5.32 Å². The van der Waals surface area contributed by atoms with Gasteiger partial charge in [0.15, 0.2) is 5.13 Å². The monoisotopic (exact) mass is 362 g/mol. The van der Waals surface area contributed by atoms with Crippen LogP contribution in [-0.2, 0) is 11.3 Å². The largest absolute Gasteiger partial charge is 0.300 e. The summed E-state index contributed by atoms with van der Waals surface area (Å²) in [5.74, 6) is -0.308. The Kier molecular flexibility index (Phi) is 4.28. The van der Waals surface area contributed by atoms with Crippen molar-refractivity contribution in [3.05, 3.63) is 76.5 Å². The van der Waals surface area contributed by atoms with Crippen LogP contribution >= 0.6 is 11.3 Å². The number of nitrogens with zero attached hydrogens (tertiary/aromatic N) is 3. The lowest BCUT2D eigenvalue weighted by Crippen LogP contribution is -2.27. The third-order valence-electron chi connectivity index (χ3n) is 3.87. The third kappa shape index (κ3) is 3.25. The Labute approximate surface area is 152 Å². The van der Waals surface area contributed by atoms with Gasteiger partial charge in [0.2, 0.25) is 5.91 Å². The molecule has 0 aliphatic rings. The van der Waals surface area contributed by atoms with Gasteiger partial charge in [-0.3, -0.25) is 14.2 Å². The number of benzene rings is 2. The van der Waals surface area contributed by atoms with E-state index in [1.807, 2.05) is 47.8 Å². The van der Waals surface area contributed by atoms with Gasteiger partial charge in [-0.25, -0.2) is 9.97 Å². The number of para-hydroxylation sites is 2. The number of thiazole rings is 1.